The van der Waals surface area contributed by atoms with Crippen LogP contribution in [0, 0.1) is 0 Å². The summed E-state index contributed by atoms with van der Waals surface area (Å²) >= 11 is 3.31. The van der Waals surface area contributed by atoms with Crippen LogP contribution in [0.1, 0.15) is 21.5 Å². The van der Waals surface area contributed by atoms with E-state index in [0.717, 1.165) is 4.47 Å². The van der Waals surface area contributed by atoms with E-state index >= 15 is 0 Å². The summed E-state index contributed by atoms with van der Waals surface area (Å²) in [5.41, 5.74) is -0.245. The van der Waals surface area contributed by atoms with Crippen molar-refractivity contribution in [3.63, 3.8) is 0 Å². The highest BCUT2D eigenvalue weighted by atomic mass is 79.9. The Kier molecular flexibility index (Phi) is 3.73. The topological polar surface area (TPSA) is 93.1 Å². The van der Waals surface area contributed by atoms with Crippen LogP contribution >= 0.6 is 15.9 Å². The van der Waals surface area contributed by atoms with Gasteiger partial charge in [0, 0.05) is 22.1 Å². The van der Waals surface area contributed by atoms with E-state index < -0.39 is 17.7 Å². The molecule has 1 amide bonds. The van der Waals surface area contributed by atoms with Crippen molar-refractivity contribution in [2.45, 2.75) is 12.1 Å². The van der Waals surface area contributed by atoms with E-state index in [0.29, 0.717) is 16.7 Å². The molecule has 1 atom stereocenters. The summed E-state index contributed by atoms with van der Waals surface area (Å²) < 4.78 is 10.7. The fourth-order valence-corrected chi connectivity index (χ4v) is 3.48. The average molecular weight is 418 g/mol. The van der Waals surface area contributed by atoms with Gasteiger partial charge >= 0.3 is 12.1 Å². The molecule has 0 unspecified atom stereocenters. The van der Waals surface area contributed by atoms with Crippen LogP contribution in [0.2, 0.25) is 0 Å². The van der Waals surface area contributed by atoms with E-state index in [-0.39, 0.29) is 24.7 Å². The van der Waals surface area contributed by atoms with Crippen molar-refractivity contribution in [3.8, 4) is 5.75 Å². The highest BCUT2D eigenvalue weighted by molar-refractivity contribution is 9.10. The van der Waals surface area contributed by atoms with Gasteiger partial charge in [0.15, 0.2) is 0 Å². The summed E-state index contributed by atoms with van der Waals surface area (Å²) in [6.45, 7) is -0.000837. The Balaban J connectivity index is 1.71. The zero-order valence-electron chi connectivity index (χ0n) is 13.3. The number of fused-ring (bicyclic) bond motifs is 1. The van der Waals surface area contributed by atoms with Gasteiger partial charge in [0.25, 0.3) is 11.5 Å². The molecule has 2 aliphatic heterocycles. The van der Waals surface area contributed by atoms with Crippen LogP contribution in [0.25, 0.3) is 0 Å². The summed E-state index contributed by atoms with van der Waals surface area (Å²) in [7, 11) is 0. The predicted octanol–water partition coefficient (Wildman–Crippen LogP) is 2.70. The third-order valence-corrected chi connectivity index (χ3v) is 4.98. The lowest BCUT2D eigenvalue weighted by atomic mass is 9.93. The Bertz CT molecular complexity index is 941. The van der Waals surface area contributed by atoms with Crippen molar-refractivity contribution in [3.05, 3.63) is 63.6 Å². The largest absolute Gasteiger partial charge is 0.517 e. The predicted molar refractivity (Wildman–Crippen MR) is 91.2 cm³/mol. The highest BCUT2D eigenvalue weighted by Gasteiger charge is 2.55. The van der Waals surface area contributed by atoms with Crippen LogP contribution in [0.5, 0.6) is 5.75 Å². The van der Waals surface area contributed by atoms with Crippen molar-refractivity contribution in [1.29, 1.82) is 0 Å². The van der Waals surface area contributed by atoms with E-state index in [1.165, 1.54) is 23.1 Å². The number of nitrogens with zero attached hydrogens (tertiary/aromatic N) is 1. The molecular formula is C18H12BrNO6. The first kappa shape index (κ1) is 16.6. The molecule has 2 aromatic rings. The van der Waals surface area contributed by atoms with Crippen molar-refractivity contribution in [1.82, 2.24) is 4.90 Å². The zero-order valence-corrected chi connectivity index (χ0v) is 14.9. The summed E-state index contributed by atoms with van der Waals surface area (Å²) in [5, 5.41) is 9.61. The number of benzene rings is 2. The Morgan fingerprint density at radius 3 is 2.50 bits per heavy atom. The number of carbonyl (C=O) groups excluding carboxylic acids is 3. The molecule has 8 heteroatoms. The van der Waals surface area contributed by atoms with Gasteiger partial charge in [0.1, 0.15) is 5.75 Å². The van der Waals surface area contributed by atoms with Gasteiger partial charge < -0.3 is 19.5 Å². The van der Waals surface area contributed by atoms with Crippen molar-refractivity contribution in [2.75, 3.05) is 6.54 Å². The molecule has 0 radical (unpaired) electrons. The lowest BCUT2D eigenvalue weighted by Crippen LogP contribution is -2.45. The third kappa shape index (κ3) is 2.53. The second-order valence-electron chi connectivity index (χ2n) is 6.08. The number of ether oxygens (including phenoxy) is 2. The second-order valence-corrected chi connectivity index (χ2v) is 6.99. The normalized spacial score (nSPS) is 21.6. The quantitative estimate of drug-likeness (QED) is 0.609. The second kappa shape index (κ2) is 5.84. The first-order valence-electron chi connectivity index (χ1n) is 7.71. The number of phenolic OH excluding ortho intramolecular Hbond substituents is 1. The Hall–Kier alpha value is -2.87. The van der Waals surface area contributed by atoms with E-state index in [9.17, 15) is 19.5 Å². The first-order chi connectivity index (χ1) is 12.4. The van der Waals surface area contributed by atoms with E-state index in [1.807, 2.05) is 0 Å². The standard InChI is InChI=1S/C18H12BrNO6/c19-12-3-1-11(2-4-12)18(16(23)25-17(24)26-18)9-20-8-10-7-13(21)5-6-14(10)15(20)22/h1-7,21H,8-9H2/t18-/m0/s1. The molecule has 2 aliphatic rings. The molecule has 0 saturated carbocycles. The third-order valence-electron chi connectivity index (χ3n) is 4.46. The molecule has 2 heterocycles. The molecule has 26 heavy (non-hydrogen) atoms. The Labute approximate surface area is 156 Å². The SMILES string of the molecule is O=C1OC(=O)[C@](CN2Cc3cc(O)ccc3C2=O)(c2ccc(Br)cc2)O1. The minimum atomic E-state index is -1.72. The fourth-order valence-electron chi connectivity index (χ4n) is 3.21. The number of esters is 1. The minimum absolute atomic E-state index is 0.0488. The van der Waals surface area contributed by atoms with Crippen LogP contribution < -0.4 is 0 Å². The van der Waals surface area contributed by atoms with E-state index in [4.69, 9.17) is 4.74 Å². The number of carbonyl (C=O) groups is 3. The van der Waals surface area contributed by atoms with Gasteiger partial charge in [0.05, 0.1) is 6.54 Å². The number of amides is 1. The van der Waals surface area contributed by atoms with Crippen LogP contribution in [0.15, 0.2) is 46.9 Å². The first-order valence-corrected chi connectivity index (χ1v) is 8.51. The minimum Gasteiger partial charge on any atom is -0.508 e. The van der Waals surface area contributed by atoms with Crippen molar-refractivity contribution >= 4 is 34.0 Å². The number of cyclic esters (lactones) is 3. The van der Waals surface area contributed by atoms with Gasteiger partial charge in [-0.25, -0.2) is 9.59 Å². The molecule has 0 aliphatic carbocycles. The molecule has 1 fully saturated rings. The molecular weight excluding hydrogens is 406 g/mol. The molecule has 132 valence electrons. The summed E-state index contributed by atoms with van der Waals surface area (Å²) in [6, 6.07) is 11.1. The molecule has 0 bridgehead atoms. The van der Waals surface area contributed by atoms with Gasteiger partial charge in [-0.3, -0.25) is 4.79 Å². The van der Waals surface area contributed by atoms with Crippen molar-refractivity contribution in [2.24, 2.45) is 0 Å². The Morgan fingerprint density at radius 1 is 1.12 bits per heavy atom. The lowest BCUT2D eigenvalue weighted by Gasteiger charge is -2.28. The summed E-state index contributed by atoms with van der Waals surface area (Å²) in [6.07, 6.45) is -1.10. The number of halogens is 1. The average Bonchev–Trinajstić information content (AvgIpc) is 3.05. The number of hydrogen-bond acceptors (Lipinski definition) is 6. The van der Waals surface area contributed by atoms with Crippen LogP contribution in [-0.2, 0) is 26.4 Å². The molecule has 4 rings (SSSR count). The van der Waals surface area contributed by atoms with Crippen LogP contribution in [0.4, 0.5) is 4.79 Å². The number of rotatable bonds is 3. The van der Waals surface area contributed by atoms with E-state index in [2.05, 4.69) is 20.7 Å². The summed E-state index contributed by atoms with van der Waals surface area (Å²) in [5.74, 6) is -1.13. The smallest absolute Gasteiger partial charge is 0.508 e. The van der Waals surface area contributed by atoms with Crippen LogP contribution in [-0.4, -0.2) is 34.6 Å². The molecule has 1 N–H and O–H groups in total. The monoisotopic (exact) mass is 417 g/mol. The maximum atomic E-state index is 12.7. The van der Waals surface area contributed by atoms with Gasteiger partial charge in [0.2, 0.25) is 0 Å². The molecule has 0 aromatic heterocycles. The Morgan fingerprint density at radius 2 is 1.85 bits per heavy atom. The number of hydrogen-bond donors (Lipinski definition) is 1. The molecule has 1 saturated heterocycles. The van der Waals surface area contributed by atoms with E-state index in [1.54, 1.807) is 24.3 Å². The number of aromatic hydroxyl groups is 1. The maximum Gasteiger partial charge on any atom is 0.517 e. The lowest BCUT2D eigenvalue weighted by molar-refractivity contribution is -0.145. The van der Waals surface area contributed by atoms with Gasteiger partial charge in [-0.1, -0.05) is 28.1 Å². The van der Waals surface area contributed by atoms with Gasteiger partial charge in [-0.05, 0) is 35.9 Å². The maximum absolute atomic E-state index is 12.7. The molecule has 0 spiro atoms. The highest BCUT2D eigenvalue weighted by Crippen LogP contribution is 2.37. The van der Waals surface area contributed by atoms with Gasteiger partial charge in [-0.15, -0.1) is 0 Å². The van der Waals surface area contributed by atoms with Crippen LogP contribution in [0.3, 0.4) is 0 Å². The van der Waals surface area contributed by atoms with Crippen molar-refractivity contribution < 1.29 is 29.0 Å². The van der Waals surface area contributed by atoms with Gasteiger partial charge in [-0.2, -0.15) is 0 Å². The zero-order chi connectivity index (χ0) is 18.5. The molecule has 2 aromatic carbocycles. The number of phenols is 1. The summed E-state index contributed by atoms with van der Waals surface area (Å²) in [4.78, 5) is 38.1. The molecule has 7 nitrogen and oxygen atoms in total. The fraction of sp³-hybridized carbons (Fsp3) is 0.167.